The van der Waals surface area contributed by atoms with E-state index in [0.29, 0.717) is 5.00 Å². The number of amides is 1. The van der Waals surface area contributed by atoms with Gasteiger partial charge in [-0.2, -0.15) is 0 Å². The van der Waals surface area contributed by atoms with Crippen LogP contribution in [0, 0.1) is 0 Å². The van der Waals surface area contributed by atoms with Crippen LogP contribution in [0.4, 0.5) is 5.00 Å². The van der Waals surface area contributed by atoms with Gasteiger partial charge in [-0.25, -0.2) is 14.6 Å². The van der Waals surface area contributed by atoms with E-state index in [2.05, 4.69) is 10.3 Å². The predicted molar refractivity (Wildman–Crippen MR) is 113 cm³/mol. The van der Waals surface area contributed by atoms with E-state index in [-0.39, 0.29) is 17.9 Å². The SMILES string of the molecule is CCOC(=O)c1cc(-c2ccccc2)sc1NC(=O)C(C)OC(=O)c1ccccn1. The number of nitrogens with one attached hydrogen (secondary N) is 1. The van der Waals surface area contributed by atoms with E-state index in [0.717, 1.165) is 10.4 Å². The summed E-state index contributed by atoms with van der Waals surface area (Å²) < 4.78 is 10.3. The standard InChI is InChI=1S/C22H20N2O5S/c1-3-28-21(26)16-13-18(15-9-5-4-6-10-15)30-20(16)24-19(25)14(2)29-22(27)17-11-7-8-12-23-17/h4-14H,3H2,1-2H3,(H,24,25). The van der Waals surface area contributed by atoms with Gasteiger partial charge in [0.05, 0.1) is 12.2 Å². The molecular weight excluding hydrogens is 404 g/mol. The van der Waals surface area contributed by atoms with Crippen LogP contribution < -0.4 is 5.32 Å². The average molecular weight is 424 g/mol. The molecule has 0 aliphatic rings. The molecule has 1 amide bonds. The van der Waals surface area contributed by atoms with Gasteiger partial charge in [0.25, 0.3) is 5.91 Å². The van der Waals surface area contributed by atoms with Gasteiger partial charge in [-0.3, -0.25) is 4.79 Å². The highest BCUT2D eigenvalue weighted by atomic mass is 32.1. The molecule has 154 valence electrons. The molecule has 0 saturated heterocycles. The zero-order valence-electron chi connectivity index (χ0n) is 16.5. The van der Waals surface area contributed by atoms with Crippen molar-refractivity contribution in [1.29, 1.82) is 0 Å². The number of hydrogen-bond acceptors (Lipinski definition) is 7. The minimum Gasteiger partial charge on any atom is -0.462 e. The van der Waals surface area contributed by atoms with Gasteiger partial charge >= 0.3 is 11.9 Å². The molecule has 0 radical (unpaired) electrons. The van der Waals surface area contributed by atoms with Crippen molar-refractivity contribution in [3.8, 4) is 10.4 Å². The molecule has 1 aromatic carbocycles. The van der Waals surface area contributed by atoms with Gasteiger partial charge in [0.2, 0.25) is 0 Å². The summed E-state index contributed by atoms with van der Waals surface area (Å²) >= 11 is 1.24. The normalized spacial score (nSPS) is 11.4. The molecule has 0 aliphatic carbocycles. The predicted octanol–water partition coefficient (Wildman–Crippen LogP) is 4.17. The van der Waals surface area contributed by atoms with Gasteiger partial charge in [-0.15, -0.1) is 11.3 Å². The lowest BCUT2D eigenvalue weighted by molar-refractivity contribution is -0.123. The molecule has 7 nitrogen and oxygen atoms in total. The molecule has 2 aromatic heterocycles. The van der Waals surface area contributed by atoms with Crippen LogP contribution in [0.25, 0.3) is 10.4 Å². The molecule has 3 rings (SSSR count). The van der Waals surface area contributed by atoms with Crippen LogP contribution in [-0.4, -0.2) is 35.5 Å². The molecule has 0 fully saturated rings. The number of carbonyl (C=O) groups is 3. The number of anilines is 1. The molecule has 0 aliphatic heterocycles. The Morgan fingerprint density at radius 2 is 1.80 bits per heavy atom. The summed E-state index contributed by atoms with van der Waals surface area (Å²) in [5.74, 6) is -1.81. The second kappa shape index (κ2) is 9.80. The summed E-state index contributed by atoms with van der Waals surface area (Å²) in [7, 11) is 0. The Balaban J connectivity index is 1.78. The highest BCUT2D eigenvalue weighted by molar-refractivity contribution is 7.20. The van der Waals surface area contributed by atoms with Gasteiger partial charge in [0, 0.05) is 11.1 Å². The maximum absolute atomic E-state index is 12.6. The van der Waals surface area contributed by atoms with Gasteiger partial charge in [-0.05, 0) is 37.6 Å². The van der Waals surface area contributed by atoms with Crippen LogP contribution in [0.3, 0.4) is 0 Å². The molecule has 8 heteroatoms. The van der Waals surface area contributed by atoms with Gasteiger partial charge in [0.15, 0.2) is 6.10 Å². The first-order chi connectivity index (χ1) is 14.5. The number of aromatic nitrogens is 1. The first-order valence-electron chi connectivity index (χ1n) is 9.28. The van der Waals surface area contributed by atoms with Crippen molar-refractivity contribution in [3.63, 3.8) is 0 Å². The number of nitrogens with zero attached hydrogens (tertiary/aromatic N) is 1. The Morgan fingerprint density at radius 1 is 1.07 bits per heavy atom. The second-order valence-electron chi connectivity index (χ2n) is 6.19. The van der Waals surface area contributed by atoms with E-state index < -0.39 is 23.9 Å². The molecule has 2 heterocycles. The minimum atomic E-state index is -1.09. The quantitative estimate of drug-likeness (QED) is 0.572. The van der Waals surface area contributed by atoms with Crippen LogP contribution in [0.2, 0.25) is 0 Å². The second-order valence-corrected chi connectivity index (χ2v) is 7.24. The van der Waals surface area contributed by atoms with Crippen molar-refractivity contribution in [2.45, 2.75) is 20.0 Å². The highest BCUT2D eigenvalue weighted by Crippen LogP contribution is 2.36. The lowest BCUT2D eigenvalue weighted by atomic mass is 10.1. The fourth-order valence-electron chi connectivity index (χ4n) is 2.56. The topological polar surface area (TPSA) is 94.6 Å². The van der Waals surface area contributed by atoms with Gasteiger partial charge < -0.3 is 14.8 Å². The summed E-state index contributed by atoms with van der Waals surface area (Å²) in [4.78, 5) is 41.8. The minimum absolute atomic E-state index is 0.104. The van der Waals surface area contributed by atoms with E-state index in [1.165, 1.54) is 30.5 Å². The third-order valence-electron chi connectivity index (χ3n) is 4.05. The van der Waals surface area contributed by atoms with Crippen molar-refractivity contribution < 1.29 is 23.9 Å². The molecule has 1 unspecified atom stereocenters. The number of hydrogen-bond donors (Lipinski definition) is 1. The maximum atomic E-state index is 12.6. The van der Waals surface area contributed by atoms with E-state index in [1.807, 2.05) is 30.3 Å². The zero-order chi connectivity index (χ0) is 21.5. The monoisotopic (exact) mass is 424 g/mol. The summed E-state index contributed by atoms with van der Waals surface area (Å²) in [5, 5.41) is 3.01. The number of pyridine rings is 1. The molecule has 1 atom stereocenters. The summed E-state index contributed by atoms with van der Waals surface area (Å²) in [6.45, 7) is 3.37. The summed E-state index contributed by atoms with van der Waals surface area (Å²) in [6.07, 6.45) is 0.376. The third kappa shape index (κ3) is 5.09. The smallest absolute Gasteiger partial charge is 0.357 e. The van der Waals surface area contributed by atoms with E-state index in [1.54, 1.807) is 25.1 Å². The Morgan fingerprint density at radius 3 is 2.47 bits per heavy atom. The van der Waals surface area contributed by atoms with Crippen LogP contribution >= 0.6 is 11.3 Å². The fourth-order valence-corrected chi connectivity index (χ4v) is 3.61. The van der Waals surface area contributed by atoms with Crippen molar-refractivity contribution in [1.82, 2.24) is 4.98 Å². The van der Waals surface area contributed by atoms with Crippen molar-refractivity contribution in [3.05, 3.63) is 72.1 Å². The highest BCUT2D eigenvalue weighted by Gasteiger charge is 2.24. The number of benzene rings is 1. The summed E-state index contributed by atoms with van der Waals surface area (Å²) in [6, 6.07) is 16.0. The third-order valence-corrected chi connectivity index (χ3v) is 5.15. The number of esters is 2. The largest absolute Gasteiger partial charge is 0.462 e. The lowest BCUT2D eigenvalue weighted by Crippen LogP contribution is -2.30. The van der Waals surface area contributed by atoms with Gasteiger partial charge in [0.1, 0.15) is 10.7 Å². The Labute approximate surface area is 177 Å². The van der Waals surface area contributed by atoms with Crippen LogP contribution in [-0.2, 0) is 14.3 Å². The lowest BCUT2D eigenvalue weighted by Gasteiger charge is -2.13. The Bertz CT molecular complexity index is 1030. The number of ether oxygens (including phenoxy) is 2. The zero-order valence-corrected chi connectivity index (χ0v) is 17.3. The Kier molecular flexibility index (Phi) is 6.92. The van der Waals surface area contributed by atoms with E-state index in [4.69, 9.17) is 9.47 Å². The summed E-state index contributed by atoms with van der Waals surface area (Å²) in [5.41, 5.74) is 1.26. The van der Waals surface area contributed by atoms with Gasteiger partial charge in [-0.1, -0.05) is 36.4 Å². The van der Waals surface area contributed by atoms with Crippen LogP contribution in [0.15, 0.2) is 60.8 Å². The average Bonchev–Trinajstić information content (AvgIpc) is 3.19. The molecule has 30 heavy (non-hydrogen) atoms. The molecule has 0 spiro atoms. The number of carbonyl (C=O) groups excluding carboxylic acids is 3. The number of rotatable bonds is 7. The van der Waals surface area contributed by atoms with Crippen molar-refractivity contribution in [2.24, 2.45) is 0 Å². The molecule has 1 N–H and O–H groups in total. The Hall–Kier alpha value is -3.52. The first kappa shape index (κ1) is 21.2. The van der Waals surface area contributed by atoms with Crippen molar-refractivity contribution in [2.75, 3.05) is 11.9 Å². The molecule has 3 aromatic rings. The molecule has 0 bridgehead atoms. The van der Waals surface area contributed by atoms with Crippen molar-refractivity contribution >= 4 is 34.2 Å². The van der Waals surface area contributed by atoms with E-state index in [9.17, 15) is 14.4 Å². The number of thiophene rings is 1. The van der Waals surface area contributed by atoms with Crippen LogP contribution in [0.5, 0.6) is 0 Å². The fraction of sp³-hybridized carbons (Fsp3) is 0.182. The maximum Gasteiger partial charge on any atom is 0.357 e. The van der Waals surface area contributed by atoms with Crippen LogP contribution in [0.1, 0.15) is 34.7 Å². The molecule has 0 saturated carbocycles. The first-order valence-corrected chi connectivity index (χ1v) is 10.1. The van der Waals surface area contributed by atoms with E-state index >= 15 is 0 Å². The molecular formula is C22H20N2O5S.